The van der Waals surface area contributed by atoms with Crippen molar-refractivity contribution in [1.82, 2.24) is 5.32 Å². The van der Waals surface area contributed by atoms with Gasteiger partial charge in [0.2, 0.25) is 0 Å². The molecule has 0 amide bonds. The van der Waals surface area contributed by atoms with E-state index in [0.29, 0.717) is 0 Å². The Morgan fingerprint density at radius 3 is 2.40 bits per heavy atom. The third kappa shape index (κ3) is 3.26. The summed E-state index contributed by atoms with van der Waals surface area (Å²) in [6.07, 6.45) is 0.913. The molecule has 0 bridgehead atoms. The van der Waals surface area contributed by atoms with Crippen molar-refractivity contribution in [2.75, 3.05) is 7.05 Å². The van der Waals surface area contributed by atoms with Gasteiger partial charge in [-0.05, 0) is 68.6 Å². The van der Waals surface area contributed by atoms with Crippen LogP contribution in [-0.4, -0.2) is 7.05 Å². The summed E-state index contributed by atoms with van der Waals surface area (Å²) in [4.78, 5) is 0. The van der Waals surface area contributed by atoms with Gasteiger partial charge in [-0.25, -0.2) is 4.39 Å². The van der Waals surface area contributed by atoms with Crippen LogP contribution in [0.1, 0.15) is 33.9 Å². The summed E-state index contributed by atoms with van der Waals surface area (Å²) in [7, 11) is 1.96. The lowest BCUT2D eigenvalue weighted by molar-refractivity contribution is 0.580. The predicted octanol–water partition coefficient (Wildman–Crippen LogP) is 4.25. The molecular formula is C18H22FN. The largest absolute Gasteiger partial charge is 0.313 e. The second kappa shape index (κ2) is 6.19. The van der Waals surface area contributed by atoms with Crippen molar-refractivity contribution in [2.45, 2.75) is 33.2 Å². The molecule has 0 heterocycles. The van der Waals surface area contributed by atoms with E-state index in [0.717, 1.165) is 17.5 Å². The average Bonchev–Trinajstić information content (AvgIpc) is 2.40. The smallest absolute Gasteiger partial charge is 0.123 e. The van der Waals surface area contributed by atoms with E-state index >= 15 is 0 Å². The molecule has 1 unspecified atom stereocenters. The van der Waals surface area contributed by atoms with Gasteiger partial charge in [0.05, 0.1) is 0 Å². The summed E-state index contributed by atoms with van der Waals surface area (Å²) >= 11 is 0. The highest BCUT2D eigenvalue weighted by molar-refractivity contribution is 5.35. The Morgan fingerprint density at radius 1 is 1.00 bits per heavy atom. The molecule has 2 aromatic rings. The Hall–Kier alpha value is -1.67. The van der Waals surface area contributed by atoms with Crippen molar-refractivity contribution in [2.24, 2.45) is 0 Å². The maximum absolute atomic E-state index is 13.2. The Bertz CT molecular complexity index is 604. The molecule has 0 aliphatic carbocycles. The first-order valence-electron chi connectivity index (χ1n) is 7.00. The van der Waals surface area contributed by atoms with E-state index in [2.05, 4.69) is 37.4 Å². The molecule has 0 radical (unpaired) electrons. The summed E-state index contributed by atoms with van der Waals surface area (Å²) in [5.41, 5.74) is 6.07. The molecule has 2 rings (SSSR count). The van der Waals surface area contributed by atoms with E-state index in [-0.39, 0.29) is 11.9 Å². The molecule has 2 heteroatoms. The standard InChI is InChI=1S/C18H22FN/c1-12-5-6-13(2)15(9-12)11-18(20-4)17-8-7-16(19)10-14(17)3/h5-10,18,20H,11H2,1-4H3. The Labute approximate surface area is 120 Å². The van der Waals surface area contributed by atoms with E-state index in [1.54, 1.807) is 6.07 Å². The highest BCUT2D eigenvalue weighted by atomic mass is 19.1. The van der Waals surface area contributed by atoms with Gasteiger partial charge in [0, 0.05) is 6.04 Å². The molecule has 0 aliphatic heterocycles. The molecule has 0 spiro atoms. The van der Waals surface area contributed by atoms with Gasteiger partial charge >= 0.3 is 0 Å². The zero-order valence-electron chi connectivity index (χ0n) is 12.6. The minimum absolute atomic E-state index is 0.173. The fourth-order valence-electron chi connectivity index (χ4n) is 2.64. The number of likely N-dealkylation sites (N-methyl/N-ethyl adjacent to an activating group) is 1. The van der Waals surface area contributed by atoms with Gasteiger partial charge in [0.25, 0.3) is 0 Å². The molecule has 2 aromatic carbocycles. The summed E-state index contributed by atoms with van der Waals surface area (Å²) in [6, 6.07) is 11.8. The quantitative estimate of drug-likeness (QED) is 0.876. The highest BCUT2D eigenvalue weighted by Gasteiger charge is 2.14. The molecular weight excluding hydrogens is 249 g/mol. The number of rotatable bonds is 4. The third-order valence-corrected chi connectivity index (χ3v) is 3.88. The first kappa shape index (κ1) is 14.7. The van der Waals surface area contributed by atoms with Gasteiger partial charge in [0.15, 0.2) is 0 Å². The predicted molar refractivity (Wildman–Crippen MR) is 82.6 cm³/mol. The van der Waals surface area contributed by atoms with Crippen LogP contribution in [0.3, 0.4) is 0 Å². The van der Waals surface area contributed by atoms with Gasteiger partial charge in [-0.15, -0.1) is 0 Å². The molecule has 1 nitrogen and oxygen atoms in total. The van der Waals surface area contributed by atoms with Crippen LogP contribution in [0, 0.1) is 26.6 Å². The number of halogens is 1. The Balaban J connectivity index is 2.31. The van der Waals surface area contributed by atoms with Gasteiger partial charge < -0.3 is 5.32 Å². The summed E-state index contributed by atoms with van der Waals surface area (Å²) in [5.74, 6) is -0.173. The average molecular weight is 271 g/mol. The lowest BCUT2D eigenvalue weighted by atomic mass is 9.92. The first-order chi connectivity index (χ1) is 9.51. The molecule has 0 fully saturated rings. The van der Waals surface area contributed by atoms with Gasteiger partial charge in [0.1, 0.15) is 5.82 Å². The second-order valence-corrected chi connectivity index (χ2v) is 5.48. The van der Waals surface area contributed by atoms with E-state index < -0.39 is 0 Å². The van der Waals surface area contributed by atoms with Gasteiger partial charge in [-0.2, -0.15) is 0 Å². The van der Waals surface area contributed by atoms with Crippen molar-refractivity contribution < 1.29 is 4.39 Å². The van der Waals surface area contributed by atoms with Crippen LogP contribution in [0.4, 0.5) is 4.39 Å². The number of benzene rings is 2. The third-order valence-electron chi connectivity index (χ3n) is 3.88. The van der Waals surface area contributed by atoms with Crippen molar-refractivity contribution >= 4 is 0 Å². The van der Waals surface area contributed by atoms with Crippen molar-refractivity contribution in [3.8, 4) is 0 Å². The second-order valence-electron chi connectivity index (χ2n) is 5.48. The zero-order chi connectivity index (χ0) is 14.7. The van der Waals surface area contributed by atoms with Crippen LogP contribution < -0.4 is 5.32 Å². The van der Waals surface area contributed by atoms with Crippen LogP contribution >= 0.6 is 0 Å². The first-order valence-corrected chi connectivity index (χ1v) is 7.00. The normalized spacial score (nSPS) is 12.4. The summed E-state index contributed by atoms with van der Waals surface area (Å²) in [5, 5.41) is 3.35. The van der Waals surface area contributed by atoms with E-state index in [9.17, 15) is 4.39 Å². The maximum Gasteiger partial charge on any atom is 0.123 e. The zero-order valence-corrected chi connectivity index (χ0v) is 12.6. The van der Waals surface area contributed by atoms with E-state index in [1.165, 1.54) is 22.8 Å². The Morgan fingerprint density at radius 2 is 1.75 bits per heavy atom. The molecule has 20 heavy (non-hydrogen) atoms. The topological polar surface area (TPSA) is 12.0 Å². The monoisotopic (exact) mass is 271 g/mol. The molecule has 1 atom stereocenters. The molecule has 1 N–H and O–H groups in total. The molecule has 106 valence electrons. The van der Waals surface area contributed by atoms with E-state index in [1.807, 2.05) is 20.0 Å². The number of hydrogen-bond acceptors (Lipinski definition) is 1. The molecule has 0 aromatic heterocycles. The number of nitrogens with one attached hydrogen (secondary N) is 1. The SMILES string of the molecule is CNC(Cc1cc(C)ccc1C)c1ccc(F)cc1C. The fourth-order valence-corrected chi connectivity index (χ4v) is 2.64. The Kier molecular flexibility index (Phi) is 4.56. The van der Waals surface area contributed by atoms with Gasteiger partial charge in [-0.3, -0.25) is 0 Å². The van der Waals surface area contributed by atoms with Gasteiger partial charge in [-0.1, -0.05) is 29.8 Å². The lowest BCUT2D eigenvalue weighted by Gasteiger charge is -2.20. The maximum atomic E-state index is 13.2. The molecule has 0 aliphatic rings. The van der Waals surface area contributed by atoms with Crippen LogP contribution in [0.15, 0.2) is 36.4 Å². The number of aryl methyl sites for hydroxylation is 3. The minimum atomic E-state index is -0.173. The summed E-state index contributed by atoms with van der Waals surface area (Å²) in [6.45, 7) is 6.21. The molecule has 0 saturated carbocycles. The molecule has 0 saturated heterocycles. The summed E-state index contributed by atoms with van der Waals surface area (Å²) < 4.78 is 13.2. The van der Waals surface area contributed by atoms with Crippen LogP contribution in [-0.2, 0) is 6.42 Å². The highest BCUT2D eigenvalue weighted by Crippen LogP contribution is 2.24. The van der Waals surface area contributed by atoms with Crippen molar-refractivity contribution in [3.63, 3.8) is 0 Å². The minimum Gasteiger partial charge on any atom is -0.313 e. The van der Waals surface area contributed by atoms with Crippen LogP contribution in [0.2, 0.25) is 0 Å². The van der Waals surface area contributed by atoms with E-state index in [4.69, 9.17) is 0 Å². The fraction of sp³-hybridized carbons (Fsp3) is 0.333. The van der Waals surface area contributed by atoms with Crippen LogP contribution in [0.5, 0.6) is 0 Å². The lowest BCUT2D eigenvalue weighted by Crippen LogP contribution is -2.20. The van der Waals surface area contributed by atoms with Crippen molar-refractivity contribution in [3.05, 3.63) is 70.0 Å². The van der Waals surface area contributed by atoms with Crippen molar-refractivity contribution in [1.29, 1.82) is 0 Å². The van der Waals surface area contributed by atoms with Crippen LogP contribution in [0.25, 0.3) is 0 Å². The number of hydrogen-bond donors (Lipinski definition) is 1.